The minimum Gasteiger partial charge on any atom is -0.392 e. The highest BCUT2D eigenvalue weighted by atomic mass is 32.1. The fourth-order valence-electron chi connectivity index (χ4n) is 3.75. The molecule has 0 aromatic heterocycles. The van der Waals surface area contributed by atoms with Crippen molar-refractivity contribution in [3.8, 4) is 0 Å². The van der Waals surface area contributed by atoms with Crippen LogP contribution in [0, 0.1) is 6.92 Å². The van der Waals surface area contributed by atoms with E-state index < -0.39 is 0 Å². The Labute approximate surface area is 229 Å². The van der Waals surface area contributed by atoms with Gasteiger partial charge in [0.25, 0.3) is 0 Å². The van der Waals surface area contributed by atoms with Gasteiger partial charge in [0.2, 0.25) is 0 Å². The molecule has 0 heterocycles. The van der Waals surface area contributed by atoms with Crippen molar-refractivity contribution >= 4 is 12.6 Å². The van der Waals surface area contributed by atoms with Crippen LogP contribution in [0.4, 0.5) is 0 Å². The van der Waals surface area contributed by atoms with Crippen LogP contribution >= 0.6 is 12.6 Å². The van der Waals surface area contributed by atoms with Gasteiger partial charge in [-0.1, -0.05) is 81.7 Å². The van der Waals surface area contributed by atoms with Crippen LogP contribution in [-0.4, -0.2) is 20.1 Å². The number of rotatable bonds is 14. The van der Waals surface area contributed by atoms with Crippen molar-refractivity contribution in [1.82, 2.24) is 10.6 Å². The van der Waals surface area contributed by atoms with E-state index in [1.54, 1.807) is 6.08 Å². The van der Waals surface area contributed by atoms with E-state index in [0.29, 0.717) is 6.04 Å². The summed E-state index contributed by atoms with van der Waals surface area (Å²) >= 11 is 4.44. The van der Waals surface area contributed by atoms with Gasteiger partial charge in [0.1, 0.15) is 0 Å². The number of nitrogens with one attached hydrogen (secondary N) is 2. The number of unbranched alkanes of at least 4 members (excludes halogenated alkanes) is 3. The molecule has 3 heteroatoms. The zero-order valence-corrected chi connectivity index (χ0v) is 25.0. The molecule has 2 N–H and O–H groups in total. The minimum atomic E-state index is 0.705. The molecule has 0 saturated carbocycles. The Hall–Kier alpha value is -1.97. The average molecular weight is 511 g/mol. The van der Waals surface area contributed by atoms with Crippen molar-refractivity contribution in [2.24, 2.45) is 0 Å². The van der Waals surface area contributed by atoms with Crippen molar-refractivity contribution in [2.45, 2.75) is 103 Å². The molecule has 0 bridgehead atoms. The van der Waals surface area contributed by atoms with Crippen LogP contribution in [0.3, 0.4) is 0 Å². The maximum absolute atomic E-state index is 4.44. The fraction of sp³-hybridized carbons (Fsp3) is 0.515. The first kappa shape index (κ1) is 34.0. The lowest BCUT2D eigenvalue weighted by molar-refractivity contribution is 0.518. The Morgan fingerprint density at radius 1 is 0.944 bits per heavy atom. The van der Waals surface area contributed by atoms with E-state index >= 15 is 0 Å². The Balaban J connectivity index is 0.000000789. The van der Waals surface area contributed by atoms with Crippen LogP contribution in [-0.2, 0) is 19.3 Å². The summed E-state index contributed by atoms with van der Waals surface area (Å²) in [5, 5.41) is 6.35. The van der Waals surface area contributed by atoms with Crippen molar-refractivity contribution in [1.29, 1.82) is 0 Å². The lowest BCUT2D eigenvalue weighted by atomic mass is 10.00. The Bertz CT molecular complexity index is 843. The summed E-state index contributed by atoms with van der Waals surface area (Å²) in [6.07, 6.45) is 14.1. The molecule has 0 aliphatic carbocycles. The summed E-state index contributed by atoms with van der Waals surface area (Å²) in [6.45, 7) is 15.9. The van der Waals surface area contributed by atoms with Crippen LogP contribution in [0.2, 0.25) is 0 Å². The summed E-state index contributed by atoms with van der Waals surface area (Å²) in [5.41, 5.74) is 6.59. The van der Waals surface area contributed by atoms with Gasteiger partial charge < -0.3 is 10.6 Å². The molecule has 2 aromatic carbocycles. The largest absolute Gasteiger partial charge is 0.392 e. The Kier molecular flexibility index (Phi) is 21.0. The van der Waals surface area contributed by atoms with Crippen molar-refractivity contribution in [2.75, 3.05) is 14.1 Å². The van der Waals surface area contributed by atoms with Gasteiger partial charge in [-0.3, -0.25) is 0 Å². The predicted octanol–water partition coefficient (Wildman–Crippen LogP) is 8.88. The second kappa shape index (κ2) is 22.2. The first-order valence-electron chi connectivity index (χ1n) is 13.8. The SMILES string of the molecule is C=C(CCc1cccc(CCCc2ccc(S)c(C)c2)c1)NC.C=CC.CCCCCCC(C)NC. The number of hydrogen-bond acceptors (Lipinski definition) is 3. The number of hydrogen-bond donors (Lipinski definition) is 3. The van der Waals surface area contributed by atoms with E-state index in [2.05, 4.69) is 99.7 Å². The highest BCUT2D eigenvalue weighted by Gasteiger charge is 2.01. The van der Waals surface area contributed by atoms with E-state index in [4.69, 9.17) is 0 Å². The van der Waals surface area contributed by atoms with Gasteiger partial charge in [0.15, 0.2) is 0 Å². The molecule has 36 heavy (non-hydrogen) atoms. The molecule has 0 aliphatic heterocycles. The summed E-state index contributed by atoms with van der Waals surface area (Å²) in [4.78, 5) is 1.07. The van der Waals surface area contributed by atoms with Crippen LogP contribution in [0.5, 0.6) is 0 Å². The Morgan fingerprint density at radius 2 is 1.56 bits per heavy atom. The second-order valence-corrected chi connectivity index (χ2v) is 10.1. The van der Waals surface area contributed by atoms with Gasteiger partial charge in [0, 0.05) is 23.7 Å². The zero-order chi connectivity index (χ0) is 27.2. The van der Waals surface area contributed by atoms with Crippen molar-refractivity contribution in [3.05, 3.63) is 89.6 Å². The number of aryl methyl sites for hydroxylation is 4. The van der Waals surface area contributed by atoms with E-state index in [1.807, 2.05) is 21.0 Å². The van der Waals surface area contributed by atoms with E-state index in [9.17, 15) is 0 Å². The molecule has 2 nitrogen and oxygen atoms in total. The van der Waals surface area contributed by atoms with E-state index in [0.717, 1.165) is 36.3 Å². The third-order valence-corrected chi connectivity index (χ3v) is 6.74. The normalized spacial score (nSPS) is 10.9. The monoisotopic (exact) mass is 510 g/mol. The molecule has 1 atom stereocenters. The maximum Gasteiger partial charge on any atom is 0.00694 e. The molecule has 2 aromatic rings. The standard InChI is InChI=1S/C21H27NS.C9H21N.C3H6/c1-16-14-19(12-13-21(16)23)8-4-6-18-7-5-9-20(15-18)11-10-17(2)22-3;1-4-5-6-7-8-9(2)10-3;1-3-2/h5,7,9,12-15,22-23H,2,4,6,8,10-11H2,1,3H3;9-10H,4-8H2,1-3H3;3H,1H2,2H3. The fourth-order valence-corrected chi connectivity index (χ4v) is 3.89. The van der Waals surface area contributed by atoms with Crippen LogP contribution < -0.4 is 10.6 Å². The van der Waals surface area contributed by atoms with Gasteiger partial charge in [-0.25, -0.2) is 0 Å². The molecule has 0 saturated heterocycles. The first-order valence-corrected chi connectivity index (χ1v) is 14.2. The van der Waals surface area contributed by atoms with Crippen LogP contribution in [0.15, 0.2) is 72.3 Å². The van der Waals surface area contributed by atoms with Crippen molar-refractivity contribution in [3.63, 3.8) is 0 Å². The van der Waals surface area contributed by atoms with Crippen LogP contribution in [0.25, 0.3) is 0 Å². The molecular weight excluding hydrogens is 456 g/mol. The predicted molar refractivity (Wildman–Crippen MR) is 167 cm³/mol. The molecule has 202 valence electrons. The second-order valence-electron chi connectivity index (χ2n) is 9.60. The average Bonchev–Trinajstić information content (AvgIpc) is 2.88. The molecule has 1 unspecified atom stereocenters. The quantitative estimate of drug-likeness (QED) is 0.134. The molecule has 0 fully saturated rings. The summed E-state index contributed by atoms with van der Waals surface area (Å²) in [6, 6.07) is 16.2. The third-order valence-electron chi connectivity index (χ3n) is 6.24. The zero-order valence-electron chi connectivity index (χ0n) is 24.1. The molecule has 0 radical (unpaired) electrons. The highest BCUT2D eigenvalue weighted by molar-refractivity contribution is 7.80. The van der Waals surface area contributed by atoms with E-state index in [-0.39, 0.29) is 0 Å². The minimum absolute atomic E-state index is 0.705. The van der Waals surface area contributed by atoms with Gasteiger partial charge in [-0.15, -0.1) is 19.2 Å². The molecule has 0 aliphatic rings. The molecule has 0 amide bonds. The number of allylic oxidation sites excluding steroid dienone is 2. The lowest BCUT2D eigenvalue weighted by Crippen LogP contribution is -2.20. The lowest BCUT2D eigenvalue weighted by Gasteiger charge is -2.08. The Morgan fingerprint density at radius 3 is 2.11 bits per heavy atom. The van der Waals surface area contributed by atoms with Gasteiger partial charge in [-0.05, 0) is 94.7 Å². The smallest absolute Gasteiger partial charge is 0.00694 e. The maximum atomic E-state index is 4.44. The highest BCUT2D eigenvalue weighted by Crippen LogP contribution is 2.17. The molecule has 2 rings (SSSR count). The van der Waals surface area contributed by atoms with Gasteiger partial charge in [0.05, 0.1) is 0 Å². The summed E-state index contributed by atoms with van der Waals surface area (Å²) in [5.74, 6) is 0. The van der Waals surface area contributed by atoms with Crippen LogP contribution in [0.1, 0.15) is 88.0 Å². The summed E-state index contributed by atoms with van der Waals surface area (Å²) < 4.78 is 0. The van der Waals surface area contributed by atoms with Crippen molar-refractivity contribution < 1.29 is 0 Å². The van der Waals surface area contributed by atoms with Gasteiger partial charge >= 0.3 is 0 Å². The topological polar surface area (TPSA) is 24.1 Å². The third kappa shape index (κ3) is 17.5. The molecular formula is C33H54N2S. The summed E-state index contributed by atoms with van der Waals surface area (Å²) in [7, 11) is 3.96. The van der Waals surface area contributed by atoms with Gasteiger partial charge in [-0.2, -0.15) is 0 Å². The molecule has 0 spiro atoms. The number of benzene rings is 2. The number of thiol groups is 1. The first-order chi connectivity index (χ1) is 17.3. The van der Waals surface area contributed by atoms with E-state index in [1.165, 1.54) is 60.8 Å².